The number of cyclic esters (lactones) is 1. The Kier molecular flexibility index (Phi) is 20.0. The predicted molar refractivity (Wildman–Crippen MR) is 293 cm³/mol. The van der Waals surface area contributed by atoms with Crippen molar-refractivity contribution < 1.29 is 28.7 Å². The highest BCUT2D eigenvalue weighted by atomic mass is 32.1. The van der Waals surface area contributed by atoms with E-state index in [2.05, 4.69) is 72.3 Å². The van der Waals surface area contributed by atoms with Gasteiger partial charge in [0, 0.05) is 91.2 Å². The number of aromatic nitrogens is 3. The molecule has 20 heteroatoms. The molecule has 1 aromatic carbocycles. The summed E-state index contributed by atoms with van der Waals surface area (Å²) in [7, 11) is 5.51. The zero-order valence-electron chi connectivity index (χ0n) is 41.6. The Hall–Kier alpha value is -3.50. The van der Waals surface area contributed by atoms with Crippen molar-refractivity contribution in [1.29, 1.82) is 0 Å². The molecule has 4 aromatic rings. The van der Waals surface area contributed by atoms with Crippen molar-refractivity contribution >= 4 is 100 Å². The van der Waals surface area contributed by atoms with Crippen LogP contribution in [0.15, 0.2) is 41.9 Å². The van der Waals surface area contributed by atoms with Crippen LogP contribution in [0, 0.1) is 16.7 Å². The van der Waals surface area contributed by atoms with Gasteiger partial charge in [-0.05, 0) is 102 Å². The molecule has 8 rings (SSSR count). The molecule has 7 heterocycles. The number of urea groups is 1. The average molecular weight is 1050 g/mol. The van der Waals surface area contributed by atoms with Crippen molar-refractivity contribution in [2.24, 2.45) is 16.7 Å². The van der Waals surface area contributed by atoms with Gasteiger partial charge >= 0.3 is 12.0 Å². The van der Waals surface area contributed by atoms with Crippen molar-refractivity contribution in [3.8, 4) is 22.5 Å². The van der Waals surface area contributed by atoms with Crippen LogP contribution in [0.2, 0.25) is 0 Å². The fourth-order valence-electron chi connectivity index (χ4n) is 10.4. The Bertz CT molecular complexity index is 2430. The summed E-state index contributed by atoms with van der Waals surface area (Å²) in [5.74, 6) is -1.47. The number of thiazole rings is 1. The number of pyridine rings is 1. The second-order valence-corrected chi connectivity index (χ2v) is 21.0. The first-order valence-corrected chi connectivity index (χ1v) is 24.2. The fraction of sp³-hybridized carbons (Fsp3) is 0.592. The van der Waals surface area contributed by atoms with Crippen LogP contribution in [0.4, 0.5) is 4.79 Å². The van der Waals surface area contributed by atoms with Crippen LogP contribution < -0.4 is 10.7 Å². The van der Waals surface area contributed by atoms with E-state index in [0.29, 0.717) is 50.4 Å². The molecule has 1 spiro atoms. The van der Waals surface area contributed by atoms with Crippen LogP contribution >= 0.6 is 65.3 Å². The van der Waals surface area contributed by atoms with E-state index in [1.807, 2.05) is 37.1 Å². The summed E-state index contributed by atoms with van der Waals surface area (Å²) < 4.78 is 14.3. The molecule has 6 bridgehead atoms. The molecule has 0 aliphatic carbocycles. The number of aryl methyl sites for hydroxylation is 1. The molecule has 4 aliphatic heterocycles. The summed E-state index contributed by atoms with van der Waals surface area (Å²) in [6, 6.07) is 7.69. The van der Waals surface area contributed by atoms with Gasteiger partial charge < -0.3 is 34.1 Å². The summed E-state index contributed by atoms with van der Waals surface area (Å²) in [4.78, 5) is 72.6. The van der Waals surface area contributed by atoms with Gasteiger partial charge in [-0.1, -0.05) is 33.8 Å². The standard InChI is InChI=1S/C49H67N9O6S.4H2S/c1-10-57-39-16-15-32-23-34(39)35(43(57)33-13-11-19-50-41(33)31(4)63-9)25-48(5,6)29-64-46(61)36-14-12-20-58(53-36)45(60)37(24-40-51-38(32)26-65-40)52-44(59)42(30(2)3)55(8)47(62)56-27-49(28-56)17-21-54(7)22-18-49;;;;/h11,13,15-16,19,23,26,30-31,36-37,42,53H,10,12,14,17-18,20-22,24-25,27-29H2,1-9H3,(H,52,59);4*1H2/t31-,36-,37-,42-;;;;/m0..../s1. The minimum absolute atomic E-state index is 0. The van der Waals surface area contributed by atoms with Crippen molar-refractivity contribution in [2.75, 3.05) is 60.5 Å². The summed E-state index contributed by atoms with van der Waals surface area (Å²) in [6.07, 6.45) is 5.44. The largest absolute Gasteiger partial charge is 0.464 e. The first-order valence-electron chi connectivity index (χ1n) is 23.3. The van der Waals surface area contributed by atoms with Crippen molar-refractivity contribution in [2.45, 2.75) is 111 Å². The highest BCUT2D eigenvalue weighted by Gasteiger charge is 2.48. The molecule has 2 N–H and O–H groups in total. The Morgan fingerprint density at radius 1 is 1.06 bits per heavy atom. The minimum atomic E-state index is -1.03. The molecule has 3 fully saturated rings. The number of nitrogens with one attached hydrogen (secondary N) is 2. The molecule has 382 valence electrons. The number of esters is 1. The molecule has 3 aromatic heterocycles. The van der Waals surface area contributed by atoms with Gasteiger partial charge in [-0.3, -0.25) is 24.4 Å². The third-order valence-electron chi connectivity index (χ3n) is 14.1. The Labute approximate surface area is 439 Å². The van der Waals surface area contributed by atoms with Gasteiger partial charge in [0.2, 0.25) is 5.91 Å². The topological polar surface area (TPSA) is 154 Å². The van der Waals surface area contributed by atoms with E-state index in [-0.39, 0.29) is 96.4 Å². The number of ether oxygens (including phenoxy) is 2. The van der Waals surface area contributed by atoms with Crippen LogP contribution in [0.25, 0.3) is 33.4 Å². The number of nitrogens with zero attached hydrogens (tertiary/aromatic N) is 7. The zero-order chi connectivity index (χ0) is 46.4. The van der Waals surface area contributed by atoms with Crippen molar-refractivity contribution in [3.63, 3.8) is 0 Å². The van der Waals surface area contributed by atoms with Crippen LogP contribution in [0.3, 0.4) is 0 Å². The fourth-order valence-corrected chi connectivity index (χ4v) is 11.2. The van der Waals surface area contributed by atoms with Crippen LogP contribution in [0.1, 0.15) is 89.6 Å². The summed E-state index contributed by atoms with van der Waals surface area (Å²) in [5.41, 5.74) is 9.58. The summed E-state index contributed by atoms with van der Waals surface area (Å²) in [6.45, 7) is 16.8. The first kappa shape index (κ1) is 58.1. The third kappa shape index (κ3) is 12.1. The smallest absolute Gasteiger partial charge is 0.324 e. The quantitative estimate of drug-likeness (QED) is 0.181. The van der Waals surface area contributed by atoms with Gasteiger partial charge in [0.1, 0.15) is 18.1 Å². The highest BCUT2D eigenvalue weighted by molar-refractivity contribution is 7.59. The van der Waals surface area contributed by atoms with Crippen LogP contribution in [-0.4, -0.2) is 137 Å². The number of amides is 4. The van der Waals surface area contributed by atoms with E-state index in [1.54, 1.807) is 20.4 Å². The third-order valence-corrected chi connectivity index (χ3v) is 15.0. The number of methoxy groups -OCH3 is 1. The van der Waals surface area contributed by atoms with Gasteiger partial charge in [-0.25, -0.2) is 15.2 Å². The normalized spacial score (nSPS) is 21.0. The number of rotatable bonds is 8. The van der Waals surface area contributed by atoms with Gasteiger partial charge in [0.05, 0.1) is 34.8 Å². The van der Waals surface area contributed by atoms with Crippen LogP contribution in [0.5, 0.6) is 0 Å². The lowest BCUT2D eigenvalue weighted by Crippen LogP contribution is -2.66. The highest BCUT2D eigenvalue weighted by Crippen LogP contribution is 2.43. The molecule has 0 radical (unpaired) electrons. The maximum atomic E-state index is 14.6. The Morgan fingerprint density at radius 3 is 2.43 bits per heavy atom. The maximum Gasteiger partial charge on any atom is 0.324 e. The van der Waals surface area contributed by atoms with Crippen LogP contribution in [-0.2, 0) is 43.2 Å². The average Bonchev–Trinajstić information content (AvgIpc) is 3.88. The molecular weight excluding hydrogens is 971 g/mol. The van der Waals surface area contributed by atoms with Gasteiger partial charge in [-0.2, -0.15) is 54.0 Å². The number of hydrogen-bond acceptors (Lipinski definition) is 11. The molecule has 69 heavy (non-hydrogen) atoms. The zero-order valence-corrected chi connectivity index (χ0v) is 46.4. The van der Waals surface area contributed by atoms with Gasteiger partial charge in [0.25, 0.3) is 5.91 Å². The molecule has 4 aliphatic rings. The molecule has 0 unspecified atom stereocenters. The lowest BCUT2D eigenvalue weighted by molar-refractivity contribution is -0.155. The monoisotopic (exact) mass is 1050 g/mol. The number of fused-ring (bicyclic) bond motifs is 6. The predicted octanol–water partition coefficient (Wildman–Crippen LogP) is 6.76. The number of hydrogen-bond donors (Lipinski definition) is 2. The van der Waals surface area contributed by atoms with E-state index >= 15 is 0 Å². The number of benzene rings is 1. The molecule has 4 amide bonds. The second kappa shape index (κ2) is 23.8. The lowest BCUT2D eigenvalue weighted by atomic mass is 9.72. The number of hydrazine groups is 1. The van der Waals surface area contributed by atoms with Gasteiger partial charge in [0.15, 0.2) is 0 Å². The van der Waals surface area contributed by atoms with E-state index in [4.69, 9.17) is 19.4 Å². The molecule has 3 saturated heterocycles. The number of carbonyl (C=O) groups excluding carboxylic acids is 4. The molecule has 4 atom stereocenters. The first-order chi connectivity index (χ1) is 31.0. The lowest BCUT2D eigenvalue weighted by Gasteiger charge is -2.54. The Balaban J connectivity index is 0.00000259. The summed E-state index contributed by atoms with van der Waals surface area (Å²) >= 11 is 1.44. The van der Waals surface area contributed by atoms with E-state index in [9.17, 15) is 19.2 Å². The minimum Gasteiger partial charge on any atom is -0.464 e. The van der Waals surface area contributed by atoms with Crippen molar-refractivity contribution in [3.05, 3.63) is 58.2 Å². The maximum absolute atomic E-state index is 14.6. The number of likely N-dealkylation sites (N-methyl/N-ethyl adjacent to an activating group) is 1. The van der Waals surface area contributed by atoms with E-state index in [0.717, 1.165) is 70.6 Å². The number of piperidine rings is 1. The SMILES string of the molecule is CCn1c(-c2cccnc2[C@H](C)OC)c2c3cc(ccc31)-c1csc(n1)C[C@H](NC(=O)[C@H](C(C)C)N(C)C(=O)N1CC3(CCN(C)CC3)C1)C(=O)N1CCC[C@H](N1)C(=O)OCC(C)(C)C2.S.S.S.S. The second-order valence-electron chi connectivity index (χ2n) is 20.0. The van der Waals surface area contributed by atoms with E-state index in [1.165, 1.54) is 21.2 Å². The van der Waals surface area contributed by atoms with E-state index < -0.39 is 35.4 Å². The number of likely N-dealkylation sites (tertiary alicyclic amines) is 2. The Morgan fingerprint density at radius 2 is 1.77 bits per heavy atom. The van der Waals surface area contributed by atoms with Crippen molar-refractivity contribution in [1.82, 2.24) is 45.0 Å². The molecule has 15 nitrogen and oxygen atoms in total. The molecular formula is C49H75N9O6S5. The number of carbonyl (C=O) groups is 4. The summed E-state index contributed by atoms with van der Waals surface area (Å²) in [5, 5.41) is 8.28. The molecule has 0 saturated carbocycles. The van der Waals surface area contributed by atoms with Gasteiger partial charge in [-0.15, -0.1) is 11.3 Å².